The van der Waals surface area contributed by atoms with Gasteiger partial charge in [0.25, 0.3) is 0 Å². The summed E-state index contributed by atoms with van der Waals surface area (Å²) in [6.45, 7) is 0.814. The van der Waals surface area contributed by atoms with E-state index >= 15 is 0 Å². The van der Waals surface area contributed by atoms with Gasteiger partial charge in [0, 0.05) is 19.8 Å². The van der Waals surface area contributed by atoms with Gasteiger partial charge in [-0.1, -0.05) is 66.7 Å². The molecule has 0 bridgehead atoms. The number of benzene rings is 2. The second-order valence-corrected chi connectivity index (χ2v) is 9.71. The molecule has 4 rings (SSSR count). The molecule has 0 saturated heterocycles. The molecule has 7 heteroatoms. The Kier molecular flexibility index (Phi) is 5.62. The van der Waals surface area contributed by atoms with E-state index in [9.17, 15) is 8.42 Å². The van der Waals surface area contributed by atoms with E-state index in [4.69, 9.17) is 0 Å². The molecule has 0 saturated carbocycles. The molecule has 2 aromatic carbocycles. The van der Waals surface area contributed by atoms with E-state index < -0.39 is 10.0 Å². The van der Waals surface area contributed by atoms with Gasteiger partial charge in [-0.15, -0.1) is 11.3 Å². The zero-order valence-corrected chi connectivity index (χ0v) is 17.6. The van der Waals surface area contributed by atoms with Crippen molar-refractivity contribution in [1.29, 1.82) is 0 Å². The number of rotatable bonds is 7. The molecule has 2 heterocycles. The van der Waals surface area contributed by atoms with Gasteiger partial charge < -0.3 is 0 Å². The Morgan fingerprint density at radius 1 is 0.931 bits per heavy atom. The Bertz CT molecular complexity index is 1170. The standard InChI is InChI=1S/C22H21N3O2S2/c1-24(15-18-9-4-2-5-10-18)29(26,27)21-17-25(16-19-11-6-3-7-12-19)23-22(21)20-13-8-14-28-20/h2-14,17H,15-16H2,1H3. The molecule has 0 radical (unpaired) electrons. The molecule has 5 nitrogen and oxygen atoms in total. The third kappa shape index (κ3) is 4.32. The van der Waals surface area contributed by atoms with E-state index in [1.54, 1.807) is 17.9 Å². The van der Waals surface area contributed by atoms with Crippen molar-refractivity contribution < 1.29 is 8.42 Å². The number of nitrogens with zero attached hydrogens (tertiary/aromatic N) is 3. The first-order valence-electron chi connectivity index (χ1n) is 9.19. The lowest BCUT2D eigenvalue weighted by Crippen LogP contribution is -2.26. The molecule has 0 aliphatic rings. The highest BCUT2D eigenvalue weighted by molar-refractivity contribution is 7.89. The van der Waals surface area contributed by atoms with Crippen molar-refractivity contribution in [2.45, 2.75) is 18.0 Å². The van der Waals surface area contributed by atoms with Crippen LogP contribution in [0.4, 0.5) is 0 Å². The van der Waals surface area contributed by atoms with Crippen molar-refractivity contribution >= 4 is 21.4 Å². The fourth-order valence-electron chi connectivity index (χ4n) is 3.12. The maximum absolute atomic E-state index is 13.4. The Balaban J connectivity index is 1.70. The normalized spacial score (nSPS) is 11.8. The van der Waals surface area contributed by atoms with Crippen LogP contribution in [0.25, 0.3) is 10.6 Å². The molecular weight excluding hydrogens is 402 g/mol. The van der Waals surface area contributed by atoms with E-state index in [0.717, 1.165) is 16.0 Å². The summed E-state index contributed by atoms with van der Waals surface area (Å²) in [5.41, 5.74) is 2.50. The zero-order chi connectivity index (χ0) is 20.3. The van der Waals surface area contributed by atoms with E-state index in [-0.39, 0.29) is 4.90 Å². The average molecular weight is 424 g/mol. The summed E-state index contributed by atoms with van der Waals surface area (Å²) in [6, 6.07) is 23.3. The minimum atomic E-state index is -3.71. The Hall–Kier alpha value is -2.74. The lowest BCUT2D eigenvalue weighted by Gasteiger charge is -2.17. The molecule has 0 atom stereocenters. The molecule has 0 unspecified atom stereocenters. The Morgan fingerprint density at radius 2 is 1.59 bits per heavy atom. The van der Waals surface area contributed by atoms with Crippen molar-refractivity contribution in [3.05, 3.63) is 95.5 Å². The molecule has 29 heavy (non-hydrogen) atoms. The third-order valence-corrected chi connectivity index (χ3v) is 7.29. The molecule has 0 amide bonds. The monoisotopic (exact) mass is 423 g/mol. The summed E-state index contributed by atoms with van der Waals surface area (Å²) in [6.07, 6.45) is 1.64. The summed E-state index contributed by atoms with van der Waals surface area (Å²) >= 11 is 1.48. The van der Waals surface area contributed by atoms with E-state index in [0.29, 0.717) is 18.8 Å². The van der Waals surface area contributed by atoms with Crippen LogP contribution in [0, 0.1) is 0 Å². The first-order valence-corrected chi connectivity index (χ1v) is 11.5. The van der Waals surface area contributed by atoms with E-state index in [2.05, 4.69) is 5.10 Å². The van der Waals surface area contributed by atoms with E-state index in [1.165, 1.54) is 15.6 Å². The van der Waals surface area contributed by atoms with Crippen molar-refractivity contribution in [3.8, 4) is 10.6 Å². The van der Waals surface area contributed by atoms with Gasteiger partial charge >= 0.3 is 0 Å². The second kappa shape index (κ2) is 8.32. The van der Waals surface area contributed by atoms with Crippen molar-refractivity contribution in [3.63, 3.8) is 0 Å². The van der Waals surface area contributed by atoms with Gasteiger partial charge in [0.05, 0.1) is 11.4 Å². The van der Waals surface area contributed by atoms with Gasteiger partial charge in [-0.05, 0) is 22.6 Å². The summed E-state index contributed by atoms with van der Waals surface area (Å²) in [4.78, 5) is 1.07. The van der Waals surface area contributed by atoms with Crippen LogP contribution < -0.4 is 0 Å². The summed E-state index contributed by atoms with van der Waals surface area (Å²) in [5.74, 6) is 0. The molecular formula is C22H21N3O2S2. The van der Waals surface area contributed by atoms with Gasteiger partial charge in [-0.3, -0.25) is 4.68 Å². The minimum Gasteiger partial charge on any atom is -0.266 e. The van der Waals surface area contributed by atoms with Crippen molar-refractivity contribution in [2.24, 2.45) is 0 Å². The molecule has 4 aromatic rings. The third-order valence-electron chi connectivity index (χ3n) is 4.61. The predicted octanol–water partition coefficient (Wildman–Crippen LogP) is 4.48. The van der Waals surface area contributed by atoms with Gasteiger partial charge in [0.15, 0.2) is 0 Å². The zero-order valence-electron chi connectivity index (χ0n) is 16.0. The van der Waals surface area contributed by atoms with Gasteiger partial charge in [-0.25, -0.2) is 8.42 Å². The summed E-state index contributed by atoms with van der Waals surface area (Å²) < 4.78 is 29.9. The fraction of sp³-hybridized carbons (Fsp3) is 0.136. The Labute approximate surface area is 174 Å². The molecule has 0 spiro atoms. The molecule has 2 aromatic heterocycles. The number of sulfonamides is 1. The quantitative estimate of drug-likeness (QED) is 0.440. The molecule has 0 aliphatic heterocycles. The fourth-order valence-corrected chi connectivity index (χ4v) is 5.21. The second-order valence-electron chi connectivity index (χ2n) is 6.75. The average Bonchev–Trinajstić information content (AvgIpc) is 3.39. The van der Waals surface area contributed by atoms with Crippen LogP contribution in [0.5, 0.6) is 0 Å². The van der Waals surface area contributed by atoms with Crippen LogP contribution in [0.1, 0.15) is 11.1 Å². The number of aromatic nitrogens is 2. The maximum atomic E-state index is 13.4. The molecule has 0 aliphatic carbocycles. The summed E-state index contributed by atoms with van der Waals surface area (Å²) in [5, 5.41) is 6.55. The highest BCUT2D eigenvalue weighted by Gasteiger charge is 2.28. The van der Waals surface area contributed by atoms with Crippen LogP contribution in [-0.4, -0.2) is 29.6 Å². The minimum absolute atomic E-state index is 0.231. The molecule has 0 N–H and O–H groups in total. The first-order chi connectivity index (χ1) is 14.0. The smallest absolute Gasteiger partial charge is 0.246 e. The van der Waals surface area contributed by atoms with Crippen molar-refractivity contribution in [1.82, 2.24) is 14.1 Å². The lowest BCUT2D eigenvalue weighted by molar-refractivity contribution is 0.467. The highest BCUT2D eigenvalue weighted by atomic mass is 32.2. The number of hydrogen-bond acceptors (Lipinski definition) is 4. The molecule has 148 valence electrons. The number of hydrogen-bond donors (Lipinski definition) is 0. The van der Waals surface area contributed by atoms with Gasteiger partial charge in [-0.2, -0.15) is 9.40 Å². The van der Waals surface area contributed by atoms with E-state index in [1.807, 2.05) is 78.2 Å². The lowest BCUT2D eigenvalue weighted by atomic mass is 10.2. The predicted molar refractivity (Wildman–Crippen MR) is 116 cm³/mol. The Morgan fingerprint density at radius 3 is 2.21 bits per heavy atom. The van der Waals surface area contributed by atoms with Crippen LogP contribution in [0.2, 0.25) is 0 Å². The summed E-state index contributed by atoms with van der Waals surface area (Å²) in [7, 11) is -2.10. The van der Waals surface area contributed by atoms with Crippen LogP contribution in [-0.2, 0) is 23.1 Å². The van der Waals surface area contributed by atoms with Gasteiger partial charge in [0.1, 0.15) is 10.6 Å². The molecule has 0 fully saturated rings. The van der Waals surface area contributed by atoms with Gasteiger partial charge in [0.2, 0.25) is 10.0 Å². The van der Waals surface area contributed by atoms with Crippen LogP contribution in [0.15, 0.2) is 89.3 Å². The maximum Gasteiger partial charge on any atom is 0.246 e. The van der Waals surface area contributed by atoms with Crippen molar-refractivity contribution in [2.75, 3.05) is 7.05 Å². The van der Waals surface area contributed by atoms with Crippen LogP contribution >= 0.6 is 11.3 Å². The number of thiophene rings is 1. The topological polar surface area (TPSA) is 55.2 Å². The largest absolute Gasteiger partial charge is 0.266 e. The highest BCUT2D eigenvalue weighted by Crippen LogP contribution is 2.31. The first kappa shape index (κ1) is 19.6. The van der Waals surface area contributed by atoms with Crippen LogP contribution in [0.3, 0.4) is 0 Å². The SMILES string of the molecule is CN(Cc1ccccc1)S(=O)(=O)c1cn(Cc2ccccc2)nc1-c1cccs1.